The third kappa shape index (κ3) is 3.18. The summed E-state index contributed by atoms with van der Waals surface area (Å²) < 4.78 is 0. The number of pyridine rings is 1. The summed E-state index contributed by atoms with van der Waals surface area (Å²) in [7, 11) is 0. The largest absolute Gasteiger partial charge is 0.481 e. The van der Waals surface area contributed by atoms with Crippen molar-refractivity contribution in [2.75, 3.05) is 13.1 Å². The highest BCUT2D eigenvalue weighted by atomic mass is 35.5. The fourth-order valence-corrected chi connectivity index (χ4v) is 3.04. The van der Waals surface area contributed by atoms with Gasteiger partial charge in [-0.2, -0.15) is 0 Å². The van der Waals surface area contributed by atoms with Crippen LogP contribution in [-0.2, 0) is 4.79 Å². The monoisotopic (exact) mass is 310 g/mol. The minimum absolute atomic E-state index is 0.113. The van der Waals surface area contributed by atoms with Gasteiger partial charge < -0.3 is 10.0 Å². The minimum Gasteiger partial charge on any atom is -0.481 e. The minimum atomic E-state index is -0.764. The molecule has 21 heavy (non-hydrogen) atoms. The van der Waals surface area contributed by atoms with Crippen molar-refractivity contribution < 1.29 is 14.7 Å². The van der Waals surface area contributed by atoms with E-state index in [4.69, 9.17) is 11.6 Å². The second-order valence-electron chi connectivity index (χ2n) is 5.55. The first-order valence-electron chi connectivity index (χ1n) is 7.05. The lowest BCUT2D eigenvalue weighted by molar-refractivity contribution is -0.152. The predicted molar refractivity (Wildman–Crippen MR) is 79.5 cm³/mol. The number of likely N-dealkylation sites (tertiary alicyclic amines) is 1. The molecule has 0 aromatic carbocycles. The highest BCUT2D eigenvalue weighted by Gasteiger charge is 2.40. The van der Waals surface area contributed by atoms with Gasteiger partial charge in [0.25, 0.3) is 5.91 Å². The van der Waals surface area contributed by atoms with E-state index >= 15 is 0 Å². The number of carbonyl (C=O) groups excluding carboxylic acids is 1. The van der Waals surface area contributed by atoms with Crippen LogP contribution in [0.3, 0.4) is 0 Å². The van der Waals surface area contributed by atoms with Crippen molar-refractivity contribution in [2.24, 2.45) is 5.41 Å². The highest BCUT2D eigenvalue weighted by Crippen LogP contribution is 2.35. The Morgan fingerprint density at radius 1 is 1.38 bits per heavy atom. The topological polar surface area (TPSA) is 70.5 Å². The van der Waals surface area contributed by atoms with Gasteiger partial charge in [0.2, 0.25) is 0 Å². The summed E-state index contributed by atoms with van der Waals surface area (Å²) in [5, 5.41) is 9.67. The number of carboxylic acids is 1. The van der Waals surface area contributed by atoms with Gasteiger partial charge in [-0.05, 0) is 38.3 Å². The van der Waals surface area contributed by atoms with Crippen molar-refractivity contribution in [3.05, 3.63) is 28.5 Å². The number of carboxylic acid groups (broad SMARTS) is 1. The molecule has 6 heteroatoms. The number of halogens is 1. The smallest absolute Gasteiger partial charge is 0.309 e. The standard InChI is InChI=1S/C15H19ClN2O3/c1-3-15(14(20)21)4-6-18(7-5-15)13(19)11-8-10(2)17-12(16)9-11/h8-9H,3-7H2,1-2H3,(H,20,21). The molecule has 1 aliphatic heterocycles. The molecule has 0 spiro atoms. The number of amides is 1. The molecule has 1 N–H and O–H groups in total. The lowest BCUT2D eigenvalue weighted by atomic mass is 9.76. The maximum absolute atomic E-state index is 12.5. The Kier molecular flexibility index (Phi) is 4.52. The van der Waals surface area contributed by atoms with Crippen LogP contribution < -0.4 is 0 Å². The van der Waals surface area contributed by atoms with E-state index in [9.17, 15) is 14.7 Å². The summed E-state index contributed by atoms with van der Waals surface area (Å²) in [6, 6.07) is 3.25. The van der Waals surface area contributed by atoms with Crippen molar-refractivity contribution in [1.29, 1.82) is 0 Å². The average Bonchev–Trinajstić information content (AvgIpc) is 2.45. The Balaban J connectivity index is 2.11. The summed E-state index contributed by atoms with van der Waals surface area (Å²) in [6.45, 7) is 4.58. The summed E-state index contributed by atoms with van der Waals surface area (Å²) in [4.78, 5) is 29.6. The van der Waals surface area contributed by atoms with Crippen LogP contribution in [0, 0.1) is 12.3 Å². The van der Waals surface area contributed by atoms with E-state index in [1.54, 1.807) is 24.0 Å². The van der Waals surface area contributed by atoms with E-state index < -0.39 is 11.4 Å². The van der Waals surface area contributed by atoms with Gasteiger partial charge in [-0.3, -0.25) is 9.59 Å². The lowest BCUT2D eigenvalue weighted by Crippen LogP contribution is -2.46. The first-order valence-corrected chi connectivity index (χ1v) is 7.42. The fraction of sp³-hybridized carbons (Fsp3) is 0.533. The molecular weight excluding hydrogens is 292 g/mol. The number of rotatable bonds is 3. The number of piperidine rings is 1. The number of hydrogen-bond donors (Lipinski definition) is 1. The van der Waals surface area contributed by atoms with E-state index in [0.29, 0.717) is 48.8 Å². The van der Waals surface area contributed by atoms with Gasteiger partial charge >= 0.3 is 5.97 Å². The second kappa shape index (κ2) is 6.02. The molecule has 114 valence electrons. The number of hydrogen-bond acceptors (Lipinski definition) is 3. The summed E-state index contributed by atoms with van der Waals surface area (Å²) >= 11 is 5.88. The van der Waals surface area contributed by atoms with Crippen LogP contribution in [0.2, 0.25) is 5.15 Å². The number of nitrogens with zero attached hydrogens (tertiary/aromatic N) is 2. The van der Waals surface area contributed by atoms with Gasteiger partial charge in [-0.15, -0.1) is 0 Å². The van der Waals surface area contributed by atoms with Gasteiger partial charge in [0.15, 0.2) is 0 Å². The first kappa shape index (κ1) is 15.8. The van der Waals surface area contributed by atoms with Crippen molar-refractivity contribution >= 4 is 23.5 Å². The number of aliphatic carboxylic acids is 1. The molecule has 1 aliphatic rings. The average molecular weight is 311 g/mol. The zero-order chi connectivity index (χ0) is 15.6. The van der Waals surface area contributed by atoms with E-state index in [2.05, 4.69) is 4.98 Å². The second-order valence-corrected chi connectivity index (χ2v) is 5.94. The maximum Gasteiger partial charge on any atom is 0.309 e. The van der Waals surface area contributed by atoms with Crippen LogP contribution in [0.5, 0.6) is 0 Å². The first-order chi connectivity index (χ1) is 9.88. The highest BCUT2D eigenvalue weighted by molar-refractivity contribution is 6.29. The Morgan fingerprint density at radius 3 is 2.48 bits per heavy atom. The van der Waals surface area contributed by atoms with E-state index in [1.807, 2.05) is 6.92 Å². The van der Waals surface area contributed by atoms with Crippen molar-refractivity contribution in [2.45, 2.75) is 33.1 Å². The van der Waals surface area contributed by atoms with Gasteiger partial charge in [-0.25, -0.2) is 4.98 Å². The number of aryl methyl sites for hydroxylation is 1. The molecular formula is C15H19ClN2O3. The Bertz CT molecular complexity index is 546. The quantitative estimate of drug-likeness (QED) is 0.871. The molecule has 0 bridgehead atoms. The molecule has 1 aromatic heterocycles. The third-order valence-electron chi connectivity index (χ3n) is 4.31. The summed E-state index contributed by atoms with van der Waals surface area (Å²) in [5.41, 5.74) is 0.505. The molecule has 1 amide bonds. The van der Waals surface area contributed by atoms with E-state index in [0.717, 1.165) is 0 Å². The summed E-state index contributed by atoms with van der Waals surface area (Å²) in [5.74, 6) is -0.877. The van der Waals surface area contributed by atoms with Crippen LogP contribution in [0.15, 0.2) is 12.1 Å². The maximum atomic E-state index is 12.5. The van der Waals surface area contributed by atoms with Gasteiger partial charge in [-0.1, -0.05) is 18.5 Å². The van der Waals surface area contributed by atoms with Crippen molar-refractivity contribution in [3.63, 3.8) is 0 Å². The molecule has 0 saturated carbocycles. The number of carbonyl (C=O) groups is 2. The van der Waals surface area contributed by atoms with Crippen LogP contribution in [0.4, 0.5) is 0 Å². The molecule has 2 rings (SSSR count). The van der Waals surface area contributed by atoms with Crippen LogP contribution in [0.1, 0.15) is 42.2 Å². The Hall–Kier alpha value is -1.62. The van der Waals surface area contributed by atoms with E-state index in [-0.39, 0.29) is 5.91 Å². The third-order valence-corrected chi connectivity index (χ3v) is 4.50. The molecule has 0 radical (unpaired) electrons. The Labute approximate surface area is 128 Å². The van der Waals surface area contributed by atoms with Crippen molar-refractivity contribution in [3.8, 4) is 0 Å². The van der Waals surface area contributed by atoms with Gasteiger partial charge in [0.1, 0.15) is 5.15 Å². The molecule has 1 fully saturated rings. The predicted octanol–water partition coefficient (Wildman–Crippen LogP) is 2.76. The fourth-order valence-electron chi connectivity index (χ4n) is 2.79. The number of aromatic nitrogens is 1. The van der Waals surface area contributed by atoms with Crippen LogP contribution >= 0.6 is 11.6 Å². The van der Waals surface area contributed by atoms with Crippen LogP contribution in [-0.4, -0.2) is 40.0 Å². The molecule has 1 aromatic rings. The molecule has 0 atom stereocenters. The van der Waals surface area contributed by atoms with Crippen LogP contribution in [0.25, 0.3) is 0 Å². The lowest BCUT2D eigenvalue weighted by Gasteiger charge is -2.38. The molecule has 0 unspecified atom stereocenters. The zero-order valence-corrected chi connectivity index (χ0v) is 13.0. The SMILES string of the molecule is CCC1(C(=O)O)CCN(C(=O)c2cc(C)nc(Cl)c2)CC1. The molecule has 5 nitrogen and oxygen atoms in total. The van der Waals surface area contributed by atoms with E-state index in [1.165, 1.54) is 0 Å². The molecule has 1 saturated heterocycles. The molecule has 0 aliphatic carbocycles. The molecule has 2 heterocycles. The zero-order valence-electron chi connectivity index (χ0n) is 12.2. The van der Waals surface area contributed by atoms with Crippen molar-refractivity contribution in [1.82, 2.24) is 9.88 Å². The van der Waals surface area contributed by atoms with Gasteiger partial charge in [0, 0.05) is 24.3 Å². The Morgan fingerprint density at radius 2 is 2.00 bits per heavy atom. The normalized spacial score (nSPS) is 17.6. The van der Waals surface area contributed by atoms with Gasteiger partial charge in [0.05, 0.1) is 5.41 Å². The summed E-state index contributed by atoms with van der Waals surface area (Å²) in [6.07, 6.45) is 1.56.